The van der Waals surface area contributed by atoms with Crippen LogP contribution in [0.2, 0.25) is 0 Å². The molecule has 2 aromatic rings. The second-order valence-corrected chi connectivity index (χ2v) is 7.25. The summed E-state index contributed by atoms with van der Waals surface area (Å²) in [4.78, 5) is 25.9. The lowest BCUT2D eigenvalue weighted by molar-refractivity contribution is 0.0743. The highest BCUT2D eigenvalue weighted by Gasteiger charge is 2.25. The molecule has 1 heterocycles. The number of benzene rings is 1. The first-order chi connectivity index (χ1) is 14.3. The molecule has 0 spiro atoms. The molecule has 0 fully saturated rings. The number of hydrogen-bond donors (Lipinski definition) is 1. The second kappa shape index (κ2) is 10.6. The van der Waals surface area contributed by atoms with Crippen LogP contribution in [0.25, 0.3) is 0 Å². The van der Waals surface area contributed by atoms with Crippen molar-refractivity contribution in [2.24, 2.45) is 0 Å². The van der Waals surface area contributed by atoms with Gasteiger partial charge in [0.05, 0.1) is 18.3 Å². The maximum atomic E-state index is 13.2. The van der Waals surface area contributed by atoms with Gasteiger partial charge < -0.3 is 14.6 Å². The molecule has 1 aromatic heterocycles. The molecule has 0 atom stereocenters. The average Bonchev–Trinajstić information content (AvgIpc) is 2.71. The van der Waals surface area contributed by atoms with Gasteiger partial charge in [-0.05, 0) is 51.3 Å². The topological polar surface area (TPSA) is 102 Å². The van der Waals surface area contributed by atoms with Gasteiger partial charge in [-0.15, -0.1) is 0 Å². The molecule has 0 amide bonds. The van der Waals surface area contributed by atoms with Gasteiger partial charge in [0, 0.05) is 18.7 Å². The van der Waals surface area contributed by atoms with Gasteiger partial charge >= 0.3 is 0 Å². The smallest absolute Gasteiger partial charge is 0.271 e. The van der Waals surface area contributed by atoms with E-state index in [1.807, 2.05) is 26.8 Å². The number of nitrogens with zero attached hydrogens (tertiary/aromatic N) is 2. The van der Waals surface area contributed by atoms with Gasteiger partial charge in [0.2, 0.25) is 5.88 Å². The molecule has 0 saturated carbocycles. The van der Waals surface area contributed by atoms with Crippen LogP contribution in [0.15, 0.2) is 29.1 Å². The molecule has 1 aromatic carbocycles. The zero-order chi connectivity index (χ0) is 22.3. The van der Waals surface area contributed by atoms with Crippen LogP contribution in [0.4, 0.5) is 0 Å². The molecular formula is C23H28N2O5. The third-order valence-electron chi connectivity index (χ3n) is 4.57. The van der Waals surface area contributed by atoms with Crippen molar-refractivity contribution >= 4 is 5.78 Å². The zero-order valence-electron chi connectivity index (χ0n) is 17.9. The van der Waals surface area contributed by atoms with Gasteiger partial charge in [0.25, 0.3) is 5.56 Å². The van der Waals surface area contributed by atoms with E-state index < -0.39 is 17.2 Å². The SMILES string of the molecule is CCCOc1cccc(C(=O)c2c(C)c(C#N)c(=O)n(CCCOC(C)C)c2O)c1. The number of ether oxygens (including phenoxy) is 2. The second-order valence-electron chi connectivity index (χ2n) is 7.25. The number of ketones is 1. The number of aromatic hydroxyl groups is 1. The summed E-state index contributed by atoms with van der Waals surface area (Å²) in [6, 6.07) is 8.51. The number of aromatic nitrogens is 1. The van der Waals surface area contributed by atoms with Crippen LogP contribution in [0.1, 0.15) is 60.7 Å². The molecule has 0 radical (unpaired) electrons. The van der Waals surface area contributed by atoms with Crippen molar-refractivity contribution in [2.45, 2.75) is 53.2 Å². The Morgan fingerprint density at radius 1 is 1.30 bits per heavy atom. The summed E-state index contributed by atoms with van der Waals surface area (Å²) in [6.45, 7) is 8.32. The van der Waals surface area contributed by atoms with E-state index in [0.717, 1.165) is 11.0 Å². The van der Waals surface area contributed by atoms with E-state index in [4.69, 9.17) is 9.47 Å². The Balaban J connectivity index is 2.46. The lowest BCUT2D eigenvalue weighted by Crippen LogP contribution is -2.27. The standard InChI is InChI=1S/C23H28N2O5/c1-5-11-30-18-9-6-8-17(13-18)21(26)20-16(4)19(14-24)22(27)25(23(20)28)10-7-12-29-15(2)3/h6,8-9,13,15,28H,5,7,10-12H2,1-4H3. The molecule has 7 heteroatoms. The molecule has 0 unspecified atom stereocenters. The van der Waals surface area contributed by atoms with E-state index in [2.05, 4.69) is 0 Å². The fourth-order valence-electron chi connectivity index (χ4n) is 3.06. The molecule has 0 aliphatic rings. The monoisotopic (exact) mass is 412 g/mol. The summed E-state index contributed by atoms with van der Waals surface area (Å²) in [7, 11) is 0. The van der Waals surface area contributed by atoms with Gasteiger partial charge in [-0.25, -0.2) is 0 Å². The quantitative estimate of drug-likeness (QED) is 0.473. The highest BCUT2D eigenvalue weighted by molar-refractivity contribution is 6.11. The minimum absolute atomic E-state index is 0.0438. The molecule has 1 N–H and O–H groups in total. The van der Waals surface area contributed by atoms with Crippen LogP contribution >= 0.6 is 0 Å². The summed E-state index contributed by atoms with van der Waals surface area (Å²) >= 11 is 0. The van der Waals surface area contributed by atoms with Crippen molar-refractivity contribution in [3.05, 3.63) is 56.9 Å². The summed E-state index contributed by atoms with van der Waals surface area (Å²) < 4.78 is 12.1. The Morgan fingerprint density at radius 3 is 2.67 bits per heavy atom. The van der Waals surface area contributed by atoms with E-state index in [9.17, 15) is 20.0 Å². The number of hydrogen-bond acceptors (Lipinski definition) is 6. The maximum absolute atomic E-state index is 13.2. The molecule has 0 aliphatic carbocycles. The Hall–Kier alpha value is -3.11. The minimum atomic E-state index is -0.617. The fraction of sp³-hybridized carbons (Fsp3) is 0.435. The largest absolute Gasteiger partial charge is 0.494 e. The molecule has 0 bridgehead atoms. The third kappa shape index (κ3) is 5.28. The van der Waals surface area contributed by atoms with Crippen molar-refractivity contribution < 1.29 is 19.4 Å². The fourth-order valence-corrected chi connectivity index (χ4v) is 3.06. The van der Waals surface area contributed by atoms with Gasteiger partial charge in [-0.3, -0.25) is 14.2 Å². The van der Waals surface area contributed by atoms with Crippen LogP contribution in [0.3, 0.4) is 0 Å². The van der Waals surface area contributed by atoms with Crippen molar-refractivity contribution in [3.63, 3.8) is 0 Å². The van der Waals surface area contributed by atoms with Crippen LogP contribution in [-0.2, 0) is 11.3 Å². The van der Waals surface area contributed by atoms with E-state index in [1.54, 1.807) is 24.3 Å². The first kappa shape index (κ1) is 23.2. The van der Waals surface area contributed by atoms with Crippen LogP contribution in [0.5, 0.6) is 11.6 Å². The first-order valence-electron chi connectivity index (χ1n) is 10.1. The van der Waals surface area contributed by atoms with E-state index in [0.29, 0.717) is 30.9 Å². The summed E-state index contributed by atoms with van der Waals surface area (Å²) in [5.41, 5.74) is -0.352. The minimum Gasteiger partial charge on any atom is -0.494 e. The van der Waals surface area contributed by atoms with Crippen molar-refractivity contribution in [3.8, 4) is 17.7 Å². The molecule has 0 aliphatic heterocycles. The highest BCUT2D eigenvalue weighted by atomic mass is 16.5. The Kier molecular flexibility index (Phi) is 8.19. The van der Waals surface area contributed by atoms with E-state index >= 15 is 0 Å². The van der Waals surface area contributed by atoms with Crippen molar-refractivity contribution in [1.29, 1.82) is 5.26 Å². The summed E-state index contributed by atoms with van der Waals surface area (Å²) in [5, 5.41) is 20.3. The third-order valence-corrected chi connectivity index (χ3v) is 4.57. The van der Waals surface area contributed by atoms with Crippen LogP contribution in [-0.4, -0.2) is 34.8 Å². The van der Waals surface area contributed by atoms with Gasteiger partial charge in [0.15, 0.2) is 5.78 Å². The number of rotatable bonds is 10. The molecule has 7 nitrogen and oxygen atoms in total. The molecule has 30 heavy (non-hydrogen) atoms. The molecular weight excluding hydrogens is 384 g/mol. The highest BCUT2D eigenvalue weighted by Crippen LogP contribution is 2.26. The summed E-state index contributed by atoms with van der Waals surface area (Å²) in [5.74, 6) is -0.374. The van der Waals surface area contributed by atoms with Crippen molar-refractivity contribution in [1.82, 2.24) is 4.57 Å². The van der Waals surface area contributed by atoms with Crippen LogP contribution in [0, 0.1) is 18.3 Å². The normalized spacial score (nSPS) is 10.8. The first-order valence-corrected chi connectivity index (χ1v) is 10.1. The Bertz CT molecular complexity index is 1000. The Morgan fingerprint density at radius 2 is 2.03 bits per heavy atom. The molecule has 0 saturated heterocycles. The maximum Gasteiger partial charge on any atom is 0.271 e. The summed E-state index contributed by atoms with van der Waals surface area (Å²) in [6.07, 6.45) is 1.32. The number of pyridine rings is 1. The average molecular weight is 412 g/mol. The van der Waals surface area contributed by atoms with Gasteiger partial charge in [0.1, 0.15) is 17.4 Å². The van der Waals surface area contributed by atoms with E-state index in [-0.39, 0.29) is 29.3 Å². The predicted molar refractivity (Wildman–Crippen MR) is 113 cm³/mol. The zero-order valence-corrected chi connectivity index (χ0v) is 17.9. The molecule has 160 valence electrons. The number of nitriles is 1. The van der Waals surface area contributed by atoms with E-state index in [1.165, 1.54) is 6.92 Å². The number of carbonyl (C=O) groups is 1. The lowest BCUT2D eigenvalue weighted by atomic mass is 9.97. The predicted octanol–water partition coefficient (Wildman–Crippen LogP) is 3.57. The van der Waals surface area contributed by atoms with Gasteiger partial charge in [-0.2, -0.15) is 5.26 Å². The van der Waals surface area contributed by atoms with Crippen LogP contribution < -0.4 is 10.3 Å². The Labute approximate surface area is 176 Å². The molecule has 2 rings (SSSR count). The van der Waals surface area contributed by atoms with Crippen molar-refractivity contribution in [2.75, 3.05) is 13.2 Å². The van der Waals surface area contributed by atoms with Gasteiger partial charge in [-0.1, -0.05) is 19.1 Å². The lowest BCUT2D eigenvalue weighted by Gasteiger charge is -2.16. The number of carbonyl (C=O) groups excluding carboxylic acids is 1.